The molecule has 1 heterocycles. The van der Waals surface area contributed by atoms with Gasteiger partial charge in [-0.3, -0.25) is 4.79 Å². The Morgan fingerprint density at radius 2 is 2.14 bits per heavy atom. The largest absolute Gasteiger partial charge is 0.274 e. The maximum Gasteiger partial charge on any atom is 0.261 e. The first kappa shape index (κ1) is 16.5. The average molecular weight is 366 g/mol. The molecular weight excluding hydrogens is 354 g/mol. The van der Waals surface area contributed by atoms with Gasteiger partial charge in [-0.25, -0.2) is 13.8 Å². The molecule has 0 saturated heterocycles. The molecule has 10 heteroatoms. The number of hydrogen-bond donors (Lipinski definition) is 1. The number of carbonyl (C=O) groups excluding carboxylic acids is 1. The fourth-order valence-electron chi connectivity index (χ4n) is 1.46. The molecule has 21 heavy (non-hydrogen) atoms. The molecule has 1 amide bonds. The topological polar surface area (TPSA) is 78.8 Å². The maximum atomic E-state index is 11.1. The summed E-state index contributed by atoms with van der Waals surface area (Å²) >= 11 is 3.01. The summed E-state index contributed by atoms with van der Waals surface area (Å²) in [5.74, 6) is 0.517. The summed E-state index contributed by atoms with van der Waals surface area (Å²) < 4.78 is 23.8. The van der Waals surface area contributed by atoms with Crippen LogP contribution in [0.15, 0.2) is 34.3 Å². The maximum absolute atomic E-state index is 11.1. The van der Waals surface area contributed by atoms with E-state index in [9.17, 15) is 13.2 Å². The second-order valence-corrected chi connectivity index (χ2v) is 9.13. The zero-order chi connectivity index (χ0) is 15.5. The molecule has 1 aromatic rings. The summed E-state index contributed by atoms with van der Waals surface area (Å²) in [5, 5.41) is 4.04. The quantitative estimate of drug-likeness (QED) is 0.636. The van der Waals surface area contributed by atoms with Crippen molar-refractivity contribution in [3.8, 4) is 0 Å². The molecule has 0 radical (unpaired) electrons. The number of benzene rings is 1. The molecule has 0 saturated carbocycles. The van der Waals surface area contributed by atoms with Crippen molar-refractivity contribution in [2.45, 2.75) is 22.2 Å². The van der Waals surface area contributed by atoms with Gasteiger partial charge in [-0.2, -0.15) is 5.10 Å². The van der Waals surface area contributed by atoms with Gasteiger partial charge in [-0.15, -0.1) is 16.3 Å². The van der Waals surface area contributed by atoms with E-state index < -0.39 is 9.05 Å². The van der Waals surface area contributed by atoms with E-state index in [0.717, 1.165) is 5.56 Å². The number of rotatable bonds is 5. The van der Waals surface area contributed by atoms with Gasteiger partial charge in [0.05, 0.1) is 11.1 Å². The summed E-state index contributed by atoms with van der Waals surface area (Å²) in [7, 11) is 1.58. The molecule has 0 aromatic heterocycles. The molecule has 6 nitrogen and oxygen atoms in total. The molecule has 1 aliphatic heterocycles. The van der Waals surface area contributed by atoms with Gasteiger partial charge in [0.25, 0.3) is 9.05 Å². The lowest BCUT2D eigenvalue weighted by Gasteiger charge is -2.13. The summed E-state index contributed by atoms with van der Waals surface area (Å²) in [5.41, 5.74) is 3.54. The SMILES string of the molecule is CC(=O)NN1N=CC(SCc2ccc(S(=O)(=O)Cl)cc2)S1. The summed E-state index contributed by atoms with van der Waals surface area (Å²) in [6, 6.07) is 6.42. The fraction of sp³-hybridized carbons (Fsp3) is 0.273. The first-order valence-corrected chi connectivity index (χ1v) is 9.97. The lowest BCUT2D eigenvalue weighted by molar-refractivity contribution is -0.121. The Bertz CT molecular complexity index is 648. The number of thioether (sulfide) groups is 1. The number of nitrogens with zero attached hydrogens (tertiary/aromatic N) is 2. The van der Waals surface area contributed by atoms with Crippen LogP contribution in [0.25, 0.3) is 0 Å². The zero-order valence-corrected chi connectivity index (χ0v) is 14.1. The number of carbonyl (C=O) groups is 1. The van der Waals surface area contributed by atoms with Crippen molar-refractivity contribution in [2.24, 2.45) is 5.10 Å². The molecule has 0 bridgehead atoms. The van der Waals surface area contributed by atoms with Crippen LogP contribution in [0.2, 0.25) is 0 Å². The highest BCUT2D eigenvalue weighted by molar-refractivity contribution is 8.16. The molecule has 2 rings (SSSR count). The summed E-state index contributed by atoms with van der Waals surface area (Å²) in [6.45, 7) is 1.42. The number of hydrazone groups is 1. The van der Waals surface area contributed by atoms with Crippen molar-refractivity contribution >= 4 is 55.6 Å². The highest BCUT2D eigenvalue weighted by atomic mass is 35.7. The van der Waals surface area contributed by atoms with E-state index in [4.69, 9.17) is 10.7 Å². The first-order valence-electron chi connectivity index (χ1n) is 5.78. The third-order valence-corrected chi connectivity index (χ3v) is 6.07. The normalized spacial score (nSPS) is 18.0. The van der Waals surface area contributed by atoms with Gasteiger partial charge in [0.1, 0.15) is 4.58 Å². The minimum atomic E-state index is -3.68. The fourth-order valence-corrected chi connectivity index (χ4v) is 4.21. The monoisotopic (exact) mass is 365 g/mol. The van der Waals surface area contributed by atoms with Gasteiger partial charge in [0.2, 0.25) is 5.91 Å². The van der Waals surface area contributed by atoms with Crippen molar-refractivity contribution in [2.75, 3.05) is 0 Å². The third kappa shape index (κ3) is 5.10. The Morgan fingerprint density at radius 3 is 2.71 bits per heavy atom. The van der Waals surface area contributed by atoms with E-state index in [1.54, 1.807) is 30.1 Å². The lowest BCUT2D eigenvalue weighted by Crippen LogP contribution is -2.30. The molecule has 1 unspecified atom stereocenters. The van der Waals surface area contributed by atoms with Gasteiger partial charge in [0, 0.05) is 35.3 Å². The Morgan fingerprint density at radius 1 is 1.48 bits per heavy atom. The molecule has 1 atom stereocenters. The average Bonchev–Trinajstić information content (AvgIpc) is 2.82. The third-order valence-electron chi connectivity index (χ3n) is 2.37. The molecule has 0 spiro atoms. The van der Waals surface area contributed by atoms with Gasteiger partial charge < -0.3 is 0 Å². The minimum Gasteiger partial charge on any atom is -0.274 e. The molecule has 1 aromatic carbocycles. The van der Waals surface area contributed by atoms with Gasteiger partial charge >= 0.3 is 0 Å². The summed E-state index contributed by atoms with van der Waals surface area (Å²) in [6.07, 6.45) is 1.74. The standard InChI is InChI=1S/C11H12ClN3O3S3/c1-8(16)14-15-13-6-11(20-15)19-7-9-2-4-10(5-3-9)21(12,17)18/h2-6,11H,7H2,1H3,(H,14,16). The highest BCUT2D eigenvalue weighted by Gasteiger charge is 2.20. The van der Waals surface area contributed by atoms with E-state index in [1.165, 1.54) is 35.5 Å². The van der Waals surface area contributed by atoms with Crippen molar-refractivity contribution in [3.05, 3.63) is 29.8 Å². The predicted octanol–water partition coefficient (Wildman–Crippen LogP) is 2.17. The van der Waals surface area contributed by atoms with Gasteiger partial charge in [0.15, 0.2) is 0 Å². The van der Waals surface area contributed by atoms with E-state index in [1.807, 2.05) is 0 Å². The highest BCUT2D eigenvalue weighted by Crippen LogP contribution is 2.31. The van der Waals surface area contributed by atoms with Gasteiger partial charge in [-0.1, -0.05) is 12.1 Å². The molecule has 114 valence electrons. The summed E-state index contributed by atoms with van der Waals surface area (Å²) in [4.78, 5) is 11.0. The number of amides is 1. The predicted molar refractivity (Wildman–Crippen MR) is 86.3 cm³/mol. The second kappa shape index (κ2) is 6.91. The van der Waals surface area contributed by atoms with Crippen LogP contribution in [0.3, 0.4) is 0 Å². The zero-order valence-electron chi connectivity index (χ0n) is 10.9. The van der Waals surface area contributed by atoms with Crippen LogP contribution in [0.4, 0.5) is 0 Å². The Balaban J connectivity index is 1.85. The van der Waals surface area contributed by atoms with E-state index in [-0.39, 0.29) is 15.4 Å². The van der Waals surface area contributed by atoms with E-state index in [0.29, 0.717) is 5.75 Å². The molecule has 1 N–H and O–H groups in total. The Hall–Kier alpha value is -0.900. The second-order valence-electron chi connectivity index (χ2n) is 4.07. The molecule has 0 aliphatic carbocycles. The molecular formula is C11H12ClN3O3S3. The smallest absolute Gasteiger partial charge is 0.261 e. The molecule has 1 aliphatic rings. The van der Waals surface area contributed by atoms with Crippen LogP contribution in [0, 0.1) is 0 Å². The van der Waals surface area contributed by atoms with E-state index in [2.05, 4.69) is 10.5 Å². The number of nitrogens with one attached hydrogen (secondary N) is 1. The van der Waals surface area contributed by atoms with Crippen LogP contribution in [0.5, 0.6) is 0 Å². The van der Waals surface area contributed by atoms with Crippen molar-refractivity contribution in [1.29, 1.82) is 0 Å². The first-order chi connectivity index (χ1) is 9.84. The van der Waals surface area contributed by atoms with Crippen LogP contribution < -0.4 is 5.43 Å². The van der Waals surface area contributed by atoms with E-state index >= 15 is 0 Å². The lowest BCUT2D eigenvalue weighted by atomic mass is 10.2. The van der Waals surface area contributed by atoms with Crippen molar-refractivity contribution in [1.82, 2.24) is 9.95 Å². The number of halogens is 1. The Labute approximate surface area is 135 Å². The van der Waals surface area contributed by atoms with Gasteiger partial charge in [-0.05, 0) is 17.7 Å². The minimum absolute atomic E-state index is 0.0894. The van der Waals surface area contributed by atoms with Crippen LogP contribution >= 0.6 is 34.4 Å². The Kier molecular flexibility index (Phi) is 5.42. The van der Waals surface area contributed by atoms with Crippen LogP contribution in [0.1, 0.15) is 12.5 Å². The van der Waals surface area contributed by atoms with Crippen molar-refractivity contribution < 1.29 is 13.2 Å². The van der Waals surface area contributed by atoms with Crippen LogP contribution in [-0.4, -0.2) is 29.6 Å². The number of hydrazine groups is 1. The number of hydrogen-bond acceptors (Lipinski definition) is 7. The molecule has 0 fully saturated rings. The van der Waals surface area contributed by atoms with Crippen LogP contribution in [-0.2, 0) is 19.6 Å². The van der Waals surface area contributed by atoms with Crippen molar-refractivity contribution in [3.63, 3.8) is 0 Å².